The quantitative estimate of drug-likeness (QED) is 0.585. The first-order valence-corrected chi connectivity index (χ1v) is 8.81. The van der Waals surface area contributed by atoms with Gasteiger partial charge < -0.3 is 0 Å². The van der Waals surface area contributed by atoms with E-state index in [0.29, 0.717) is 24.9 Å². The monoisotopic (exact) mass is 359 g/mol. The summed E-state index contributed by atoms with van der Waals surface area (Å²) in [7, 11) is 1.34. The fourth-order valence-electron chi connectivity index (χ4n) is 2.53. The van der Waals surface area contributed by atoms with Gasteiger partial charge in [0.1, 0.15) is 0 Å². The Kier molecular flexibility index (Phi) is 5.53. The Morgan fingerprint density at radius 1 is 1.38 bits per heavy atom. The van der Waals surface area contributed by atoms with Gasteiger partial charge in [-0.2, -0.15) is 0 Å². The van der Waals surface area contributed by atoms with Crippen LogP contribution in [-0.4, -0.2) is 60.9 Å². The van der Waals surface area contributed by atoms with Gasteiger partial charge in [0.05, 0.1) is 0 Å². The van der Waals surface area contributed by atoms with Crippen molar-refractivity contribution >= 4 is 26.6 Å². The number of carbonyl (C=O) groups excluding carboxylic acids is 2. The van der Waals surface area contributed by atoms with Crippen molar-refractivity contribution in [2.75, 3.05) is 20.2 Å². The molecule has 0 unspecified atom stereocenters. The molecule has 0 aromatic carbocycles. The molecule has 1 aromatic heterocycles. The number of fused-ring (bicyclic) bond motifs is 1. The van der Waals surface area contributed by atoms with Crippen LogP contribution < -0.4 is 0 Å². The molecule has 116 valence electrons. The van der Waals surface area contributed by atoms with Crippen LogP contribution in [0.25, 0.3) is 0 Å². The Labute approximate surface area is 130 Å². The van der Waals surface area contributed by atoms with Gasteiger partial charge in [-0.1, -0.05) is 0 Å². The summed E-state index contributed by atoms with van der Waals surface area (Å²) in [5.41, 5.74) is 1.14. The third-order valence-corrected chi connectivity index (χ3v) is 5.78. The Bertz CT molecular complexity index is 517. The van der Waals surface area contributed by atoms with E-state index in [-0.39, 0.29) is 39.5 Å². The number of aromatic nitrogens is 2. The van der Waals surface area contributed by atoms with E-state index in [1.54, 1.807) is 0 Å². The molecular formula is C14H21N3O3Se. The van der Waals surface area contributed by atoms with E-state index in [0.717, 1.165) is 12.1 Å². The molecule has 0 fully saturated rings. The van der Waals surface area contributed by atoms with Gasteiger partial charge in [-0.05, 0) is 0 Å². The molecule has 7 heteroatoms. The van der Waals surface area contributed by atoms with E-state index in [9.17, 15) is 9.59 Å². The standard InChI is InChI=1S/C14H21N3O3Se/c1-9-8-17(12(18)4-5-13(19)20-3)7-6-11-14(10(9)2)15-16-21-11/h9-10H,4-8H2,1-3H3/t9-,10+/m0/s1. The van der Waals surface area contributed by atoms with E-state index >= 15 is 0 Å². The third-order valence-electron chi connectivity index (χ3n) is 4.11. The molecule has 0 aliphatic carbocycles. The first-order valence-electron chi connectivity index (χ1n) is 7.18. The number of ether oxygens (including phenoxy) is 1. The third kappa shape index (κ3) is 3.92. The van der Waals surface area contributed by atoms with Crippen molar-refractivity contribution in [3.8, 4) is 0 Å². The normalized spacial score (nSPS) is 22.1. The van der Waals surface area contributed by atoms with Crippen molar-refractivity contribution in [1.29, 1.82) is 0 Å². The van der Waals surface area contributed by atoms with Gasteiger partial charge in [0.15, 0.2) is 0 Å². The Hall–Kier alpha value is -1.20. The minimum atomic E-state index is -0.335. The number of carbonyl (C=O) groups is 2. The van der Waals surface area contributed by atoms with Crippen LogP contribution in [0.1, 0.15) is 42.7 Å². The molecule has 1 aliphatic rings. The SMILES string of the molecule is COC(=O)CCC(=O)N1CCc2[se]nnc2[C@H](C)[C@@H](C)C1. The van der Waals surface area contributed by atoms with Crippen molar-refractivity contribution in [2.45, 2.75) is 39.0 Å². The second kappa shape index (κ2) is 7.18. The van der Waals surface area contributed by atoms with Crippen molar-refractivity contribution in [1.82, 2.24) is 14.1 Å². The fraction of sp³-hybridized carbons (Fsp3) is 0.714. The van der Waals surface area contributed by atoms with Crippen LogP contribution in [0.15, 0.2) is 0 Å². The molecule has 0 radical (unpaired) electrons. The summed E-state index contributed by atoms with van der Waals surface area (Å²) in [6.45, 7) is 5.70. The van der Waals surface area contributed by atoms with Crippen molar-refractivity contribution < 1.29 is 14.3 Å². The van der Waals surface area contributed by atoms with Gasteiger partial charge in [0.25, 0.3) is 0 Å². The van der Waals surface area contributed by atoms with E-state index in [1.165, 1.54) is 11.5 Å². The van der Waals surface area contributed by atoms with E-state index in [1.807, 2.05) is 4.90 Å². The predicted octanol–water partition coefficient (Wildman–Crippen LogP) is 0.611. The maximum absolute atomic E-state index is 12.3. The predicted molar refractivity (Wildman–Crippen MR) is 78.1 cm³/mol. The van der Waals surface area contributed by atoms with Gasteiger partial charge in [-0.15, -0.1) is 0 Å². The Morgan fingerprint density at radius 3 is 2.86 bits per heavy atom. The molecule has 2 atom stereocenters. The summed E-state index contributed by atoms with van der Waals surface area (Å²) in [6.07, 6.45) is 1.22. The molecular weight excluding hydrogens is 337 g/mol. The van der Waals surface area contributed by atoms with Crippen LogP contribution in [0.4, 0.5) is 0 Å². The van der Waals surface area contributed by atoms with Gasteiger partial charge >= 0.3 is 130 Å². The molecule has 0 saturated carbocycles. The van der Waals surface area contributed by atoms with Crippen LogP contribution in [0.5, 0.6) is 0 Å². The maximum atomic E-state index is 12.3. The van der Waals surface area contributed by atoms with Crippen LogP contribution in [0.2, 0.25) is 0 Å². The van der Waals surface area contributed by atoms with Gasteiger partial charge in [-0.3, -0.25) is 0 Å². The number of hydrogen-bond acceptors (Lipinski definition) is 5. The number of esters is 1. The zero-order valence-electron chi connectivity index (χ0n) is 12.7. The van der Waals surface area contributed by atoms with Gasteiger partial charge in [0, 0.05) is 0 Å². The molecule has 0 saturated heterocycles. The summed E-state index contributed by atoms with van der Waals surface area (Å²) in [5.74, 6) is 0.357. The Morgan fingerprint density at radius 2 is 2.14 bits per heavy atom. The number of nitrogens with zero attached hydrogens (tertiary/aromatic N) is 3. The summed E-state index contributed by atoms with van der Waals surface area (Å²) in [4.78, 5) is 25.3. The average Bonchev–Trinajstić information content (AvgIpc) is 2.94. The second-order valence-corrected chi connectivity index (χ2v) is 7.27. The van der Waals surface area contributed by atoms with Crippen LogP contribution in [-0.2, 0) is 20.7 Å². The number of hydrogen-bond donors (Lipinski definition) is 0. The van der Waals surface area contributed by atoms with Crippen molar-refractivity contribution in [3.05, 3.63) is 10.1 Å². The zero-order valence-corrected chi connectivity index (χ0v) is 14.4. The Balaban J connectivity index is 2.03. The van der Waals surface area contributed by atoms with E-state index < -0.39 is 0 Å². The van der Waals surface area contributed by atoms with Gasteiger partial charge in [-0.25, -0.2) is 0 Å². The fourth-order valence-corrected chi connectivity index (χ4v) is 4.07. The molecule has 2 heterocycles. The summed E-state index contributed by atoms with van der Waals surface area (Å²) in [6, 6.07) is 0. The number of rotatable bonds is 3. The van der Waals surface area contributed by atoms with Crippen molar-refractivity contribution in [2.24, 2.45) is 5.92 Å². The van der Waals surface area contributed by atoms with E-state index in [2.05, 4.69) is 27.8 Å². The van der Waals surface area contributed by atoms with E-state index in [4.69, 9.17) is 0 Å². The van der Waals surface area contributed by atoms with Crippen LogP contribution in [0, 0.1) is 5.92 Å². The first kappa shape index (κ1) is 16.2. The van der Waals surface area contributed by atoms with Crippen LogP contribution >= 0.6 is 0 Å². The number of amides is 1. The molecule has 1 amide bonds. The van der Waals surface area contributed by atoms with Crippen LogP contribution in [0.3, 0.4) is 0 Å². The number of methoxy groups -OCH3 is 1. The molecule has 21 heavy (non-hydrogen) atoms. The zero-order chi connectivity index (χ0) is 15.4. The summed E-state index contributed by atoms with van der Waals surface area (Å²) >= 11 is 0.0986. The van der Waals surface area contributed by atoms with Crippen molar-refractivity contribution in [3.63, 3.8) is 0 Å². The molecule has 0 bridgehead atoms. The molecule has 2 rings (SSSR count). The van der Waals surface area contributed by atoms with Gasteiger partial charge in [0.2, 0.25) is 0 Å². The summed E-state index contributed by atoms with van der Waals surface area (Å²) < 4.78 is 10.1. The second-order valence-electron chi connectivity index (χ2n) is 5.51. The molecule has 1 aliphatic heterocycles. The summed E-state index contributed by atoms with van der Waals surface area (Å²) in [5, 5.41) is 4.30. The minimum absolute atomic E-state index is 0.0304. The molecule has 0 spiro atoms. The molecule has 0 N–H and O–H groups in total. The first-order chi connectivity index (χ1) is 10.0. The average molecular weight is 358 g/mol. The molecule has 6 nitrogen and oxygen atoms in total. The molecule has 1 aromatic rings. The topological polar surface area (TPSA) is 72.4 Å².